The minimum absolute atomic E-state index is 0.540. The van der Waals surface area contributed by atoms with Crippen LogP contribution in [0.15, 0.2) is 34.9 Å². The van der Waals surface area contributed by atoms with Gasteiger partial charge in [-0.05, 0) is 40.5 Å². The van der Waals surface area contributed by atoms with E-state index in [4.69, 9.17) is 23.2 Å². The SMILES string of the molecule is Cc1cccc(Cl)c1Nc1ncc(Br)cc1Cl. The summed E-state index contributed by atoms with van der Waals surface area (Å²) in [7, 11) is 0. The van der Waals surface area contributed by atoms with E-state index in [0.717, 1.165) is 15.7 Å². The minimum Gasteiger partial charge on any atom is -0.338 e. The predicted molar refractivity (Wildman–Crippen MR) is 76.4 cm³/mol. The lowest BCUT2D eigenvalue weighted by molar-refractivity contribution is 1.28. The molecule has 0 aliphatic heterocycles. The molecule has 0 spiro atoms. The molecule has 0 saturated carbocycles. The number of para-hydroxylation sites is 1. The number of rotatable bonds is 2. The van der Waals surface area contributed by atoms with E-state index in [2.05, 4.69) is 26.2 Å². The molecule has 2 rings (SSSR count). The average molecular weight is 332 g/mol. The molecule has 1 N–H and O–H groups in total. The number of benzene rings is 1. The van der Waals surface area contributed by atoms with Gasteiger partial charge in [0, 0.05) is 10.7 Å². The van der Waals surface area contributed by atoms with Crippen molar-refractivity contribution in [2.75, 3.05) is 5.32 Å². The first kappa shape index (κ1) is 12.7. The molecule has 1 aromatic heterocycles. The Kier molecular flexibility index (Phi) is 3.92. The maximum Gasteiger partial charge on any atom is 0.149 e. The zero-order chi connectivity index (χ0) is 12.4. The molecule has 0 amide bonds. The normalized spacial score (nSPS) is 10.4. The van der Waals surface area contributed by atoms with Crippen LogP contribution in [0.25, 0.3) is 0 Å². The lowest BCUT2D eigenvalue weighted by Crippen LogP contribution is -1.97. The van der Waals surface area contributed by atoms with Crippen LogP contribution in [0.5, 0.6) is 0 Å². The summed E-state index contributed by atoms with van der Waals surface area (Å²) in [5, 5.41) is 4.32. The molecule has 0 bridgehead atoms. The van der Waals surface area contributed by atoms with E-state index in [0.29, 0.717) is 15.9 Å². The van der Waals surface area contributed by atoms with Crippen LogP contribution in [0.3, 0.4) is 0 Å². The van der Waals surface area contributed by atoms with Crippen molar-refractivity contribution in [1.29, 1.82) is 0 Å². The average Bonchev–Trinajstić information content (AvgIpc) is 2.26. The Labute approximate surface area is 118 Å². The number of aryl methyl sites for hydroxylation is 1. The van der Waals surface area contributed by atoms with Crippen LogP contribution < -0.4 is 5.32 Å². The number of aromatic nitrogens is 1. The number of pyridine rings is 1. The van der Waals surface area contributed by atoms with Crippen molar-refractivity contribution in [3.8, 4) is 0 Å². The third-order valence-electron chi connectivity index (χ3n) is 2.27. The number of nitrogens with one attached hydrogen (secondary N) is 1. The Morgan fingerprint density at radius 1 is 1.24 bits per heavy atom. The van der Waals surface area contributed by atoms with Crippen molar-refractivity contribution >= 4 is 50.6 Å². The van der Waals surface area contributed by atoms with Gasteiger partial charge < -0.3 is 5.32 Å². The molecule has 0 aliphatic rings. The highest BCUT2D eigenvalue weighted by Crippen LogP contribution is 2.31. The van der Waals surface area contributed by atoms with E-state index in [1.807, 2.05) is 25.1 Å². The summed E-state index contributed by atoms with van der Waals surface area (Å²) in [6.45, 7) is 1.97. The fraction of sp³-hybridized carbons (Fsp3) is 0.0833. The number of anilines is 2. The lowest BCUT2D eigenvalue weighted by atomic mass is 10.2. The molecule has 2 nitrogen and oxygen atoms in total. The maximum absolute atomic E-state index is 6.12. The molecule has 88 valence electrons. The molecular formula is C12H9BrCl2N2. The number of hydrogen-bond acceptors (Lipinski definition) is 2. The van der Waals surface area contributed by atoms with Gasteiger partial charge in [-0.15, -0.1) is 0 Å². The van der Waals surface area contributed by atoms with Crippen LogP contribution in [0, 0.1) is 6.92 Å². The fourth-order valence-corrected chi connectivity index (χ4v) is 2.36. The fourth-order valence-electron chi connectivity index (χ4n) is 1.42. The number of hydrogen-bond donors (Lipinski definition) is 1. The van der Waals surface area contributed by atoms with Crippen LogP contribution in [-0.2, 0) is 0 Å². The molecule has 1 heterocycles. The van der Waals surface area contributed by atoms with Crippen LogP contribution in [0.1, 0.15) is 5.56 Å². The van der Waals surface area contributed by atoms with Crippen molar-refractivity contribution in [1.82, 2.24) is 4.98 Å². The molecule has 0 saturated heterocycles. The third-order valence-corrected chi connectivity index (χ3v) is 3.31. The van der Waals surface area contributed by atoms with Crippen molar-refractivity contribution in [2.45, 2.75) is 6.92 Å². The van der Waals surface area contributed by atoms with E-state index in [1.165, 1.54) is 0 Å². The molecule has 0 unspecified atom stereocenters. The Balaban J connectivity index is 2.38. The first-order valence-corrected chi connectivity index (χ1v) is 6.46. The largest absolute Gasteiger partial charge is 0.338 e. The zero-order valence-corrected chi connectivity index (χ0v) is 12.1. The summed E-state index contributed by atoms with van der Waals surface area (Å²) in [6, 6.07) is 7.48. The molecular weight excluding hydrogens is 323 g/mol. The summed E-state index contributed by atoms with van der Waals surface area (Å²) in [4.78, 5) is 4.21. The lowest BCUT2D eigenvalue weighted by Gasteiger charge is -2.11. The van der Waals surface area contributed by atoms with Crippen molar-refractivity contribution in [2.24, 2.45) is 0 Å². The van der Waals surface area contributed by atoms with Crippen LogP contribution in [-0.4, -0.2) is 4.98 Å². The van der Waals surface area contributed by atoms with E-state index in [9.17, 15) is 0 Å². The molecule has 0 atom stereocenters. The standard InChI is InChI=1S/C12H9BrCl2N2/c1-7-3-2-4-9(14)11(7)17-12-10(15)5-8(13)6-16-12/h2-6H,1H3,(H,16,17). The zero-order valence-electron chi connectivity index (χ0n) is 8.97. The second-order valence-electron chi connectivity index (χ2n) is 3.54. The second-order valence-corrected chi connectivity index (χ2v) is 5.27. The van der Waals surface area contributed by atoms with Gasteiger partial charge in [0.05, 0.1) is 15.7 Å². The highest BCUT2D eigenvalue weighted by molar-refractivity contribution is 9.10. The Morgan fingerprint density at radius 3 is 2.65 bits per heavy atom. The summed E-state index contributed by atoms with van der Waals surface area (Å²) in [5.41, 5.74) is 1.86. The Bertz CT molecular complexity index is 538. The third kappa shape index (κ3) is 2.92. The minimum atomic E-state index is 0.540. The Morgan fingerprint density at radius 2 is 2.00 bits per heavy atom. The van der Waals surface area contributed by atoms with E-state index in [1.54, 1.807) is 12.3 Å². The van der Waals surface area contributed by atoms with Gasteiger partial charge in [-0.2, -0.15) is 0 Å². The quantitative estimate of drug-likeness (QED) is 0.817. The summed E-state index contributed by atoms with van der Waals surface area (Å²) >= 11 is 15.5. The monoisotopic (exact) mass is 330 g/mol. The highest BCUT2D eigenvalue weighted by Gasteiger charge is 2.07. The van der Waals surface area contributed by atoms with Crippen molar-refractivity contribution < 1.29 is 0 Å². The molecule has 0 aliphatic carbocycles. The van der Waals surface area contributed by atoms with Gasteiger partial charge in [0.25, 0.3) is 0 Å². The predicted octanol–water partition coefficient (Wildman–Crippen LogP) is 5.20. The number of halogens is 3. The van der Waals surface area contributed by atoms with Crippen LogP contribution in [0.2, 0.25) is 10.0 Å². The van der Waals surface area contributed by atoms with Gasteiger partial charge in [0.15, 0.2) is 0 Å². The second kappa shape index (κ2) is 5.25. The van der Waals surface area contributed by atoms with Gasteiger partial charge in [0.1, 0.15) is 5.82 Å². The smallest absolute Gasteiger partial charge is 0.149 e. The summed E-state index contributed by atoms with van der Waals surface area (Å²) in [5.74, 6) is 0.589. The molecule has 0 radical (unpaired) electrons. The van der Waals surface area contributed by atoms with Crippen LogP contribution >= 0.6 is 39.1 Å². The van der Waals surface area contributed by atoms with Gasteiger partial charge >= 0.3 is 0 Å². The van der Waals surface area contributed by atoms with Gasteiger partial charge in [0.2, 0.25) is 0 Å². The van der Waals surface area contributed by atoms with E-state index < -0.39 is 0 Å². The topological polar surface area (TPSA) is 24.9 Å². The highest BCUT2D eigenvalue weighted by atomic mass is 79.9. The van der Waals surface area contributed by atoms with E-state index >= 15 is 0 Å². The number of nitrogens with zero attached hydrogens (tertiary/aromatic N) is 1. The molecule has 2 aromatic rings. The van der Waals surface area contributed by atoms with E-state index in [-0.39, 0.29) is 0 Å². The first-order valence-electron chi connectivity index (χ1n) is 4.91. The first-order chi connectivity index (χ1) is 8.08. The van der Waals surface area contributed by atoms with Crippen LogP contribution in [0.4, 0.5) is 11.5 Å². The molecule has 1 aromatic carbocycles. The van der Waals surface area contributed by atoms with Gasteiger partial charge in [-0.25, -0.2) is 4.98 Å². The molecule has 17 heavy (non-hydrogen) atoms. The van der Waals surface area contributed by atoms with Crippen molar-refractivity contribution in [3.63, 3.8) is 0 Å². The van der Waals surface area contributed by atoms with Crippen molar-refractivity contribution in [3.05, 3.63) is 50.5 Å². The maximum atomic E-state index is 6.12. The summed E-state index contributed by atoms with van der Waals surface area (Å²) < 4.78 is 0.837. The van der Waals surface area contributed by atoms with Gasteiger partial charge in [-0.3, -0.25) is 0 Å². The molecule has 5 heteroatoms. The van der Waals surface area contributed by atoms with Gasteiger partial charge in [-0.1, -0.05) is 35.3 Å². The Hall–Kier alpha value is -0.770. The summed E-state index contributed by atoms with van der Waals surface area (Å²) in [6.07, 6.45) is 1.68. The molecule has 0 fully saturated rings.